The summed E-state index contributed by atoms with van der Waals surface area (Å²) in [7, 11) is 0. The molecule has 1 aromatic rings. The molecule has 1 aromatic carbocycles. The zero-order chi connectivity index (χ0) is 10.6. The average molecular weight is 193 g/mol. The molecule has 0 fully saturated rings. The molecule has 1 unspecified atom stereocenters. The summed E-state index contributed by atoms with van der Waals surface area (Å²) in [6, 6.07) is 6.98. The van der Waals surface area contributed by atoms with Crippen molar-refractivity contribution >= 4 is 5.97 Å². The van der Waals surface area contributed by atoms with Crippen LogP contribution in [0.1, 0.15) is 30.6 Å². The summed E-state index contributed by atoms with van der Waals surface area (Å²) in [6.07, 6.45) is 0.162. The maximum Gasteiger partial charge on any atom is 0.119 e. The fraction of sp³-hybridized carbons (Fsp3) is 0.364. The Kier molecular flexibility index (Phi) is 3.65. The first-order valence-corrected chi connectivity index (χ1v) is 4.63. The number of carbonyl (C=O) groups is 1. The Hall–Kier alpha value is -1.35. The van der Waals surface area contributed by atoms with Crippen LogP contribution in [-0.4, -0.2) is 11.1 Å². The van der Waals surface area contributed by atoms with Crippen molar-refractivity contribution in [2.75, 3.05) is 0 Å². The second-order valence-corrected chi connectivity index (χ2v) is 3.17. The van der Waals surface area contributed by atoms with Crippen molar-refractivity contribution in [3.05, 3.63) is 35.4 Å². The minimum absolute atomic E-state index is 0.439. The summed E-state index contributed by atoms with van der Waals surface area (Å²) >= 11 is 0. The molecule has 0 aliphatic rings. The van der Waals surface area contributed by atoms with Crippen LogP contribution in [0.2, 0.25) is 0 Å². The van der Waals surface area contributed by atoms with Crippen LogP contribution in [0.25, 0.3) is 0 Å². The maximum absolute atomic E-state index is 10.5. The molecule has 0 aromatic heterocycles. The predicted octanol–water partition coefficient (Wildman–Crippen LogP) is 0.422. The molecule has 0 heterocycles. The molecular weight excluding hydrogens is 180 g/mol. The molecule has 0 spiro atoms. The van der Waals surface area contributed by atoms with Gasteiger partial charge >= 0.3 is 0 Å². The van der Waals surface area contributed by atoms with Gasteiger partial charge in [0.1, 0.15) is 6.10 Å². The number of carboxylic acid groups (broad SMARTS) is 1. The number of carbonyl (C=O) groups excluding carboxylic acids is 1. The Morgan fingerprint density at radius 2 is 2.14 bits per heavy atom. The van der Waals surface area contributed by atoms with Crippen molar-refractivity contribution in [2.24, 2.45) is 0 Å². The first-order chi connectivity index (χ1) is 6.66. The monoisotopic (exact) mass is 193 g/mol. The van der Waals surface area contributed by atoms with Gasteiger partial charge in [-0.2, -0.15) is 0 Å². The minimum atomic E-state index is -1.52. The third-order valence-corrected chi connectivity index (χ3v) is 2.09. The summed E-state index contributed by atoms with van der Waals surface area (Å²) in [5.41, 5.74) is 1.31. The van der Waals surface area contributed by atoms with Crippen molar-refractivity contribution < 1.29 is 15.0 Å². The zero-order valence-corrected chi connectivity index (χ0v) is 8.06. The lowest BCUT2D eigenvalue weighted by Crippen LogP contribution is -2.30. The third kappa shape index (κ3) is 2.33. The quantitative estimate of drug-likeness (QED) is 0.754. The number of carboxylic acids is 1. The number of benzene rings is 1. The highest BCUT2D eigenvalue weighted by Gasteiger charge is 2.11. The van der Waals surface area contributed by atoms with Gasteiger partial charge < -0.3 is 15.0 Å². The molecule has 3 nitrogen and oxygen atoms in total. The molecule has 1 atom stereocenters. The van der Waals surface area contributed by atoms with Gasteiger partial charge in [0.25, 0.3) is 0 Å². The molecule has 0 radical (unpaired) electrons. The molecule has 0 saturated carbocycles. The van der Waals surface area contributed by atoms with Crippen LogP contribution in [0.4, 0.5) is 0 Å². The van der Waals surface area contributed by atoms with Gasteiger partial charge in [0.2, 0.25) is 0 Å². The summed E-state index contributed by atoms with van der Waals surface area (Å²) in [6.45, 7) is 2.00. The van der Waals surface area contributed by atoms with Crippen LogP contribution in [-0.2, 0) is 11.2 Å². The molecule has 0 amide bonds. The average Bonchev–Trinajstić information content (AvgIpc) is 2.18. The Bertz CT molecular complexity index is 320. The standard InChI is InChI=1S/C11H14O3/c1-2-5-8-6-3-4-7-9(8)10(12)11(13)14/h3-4,6-7,10,12H,2,5H2,1H3,(H,13,14)/p-1. The van der Waals surface area contributed by atoms with E-state index in [-0.39, 0.29) is 0 Å². The van der Waals surface area contributed by atoms with Crippen molar-refractivity contribution in [2.45, 2.75) is 25.9 Å². The lowest BCUT2D eigenvalue weighted by molar-refractivity contribution is -0.315. The highest BCUT2D eigenvalue weighted by atomic mass is 16.4. The molecule has 3 heteroatoms. The Morgan fingerprint density at radius 3 is 2.71 bits per heavy atom. The highest BCUT2D eigenvalue weighted by Crippen LogP contribution is 2.18. The Labute approximate surface area is 83.0 Å². The van der Waals surface area contributed by atoms with E-state index < -0.39 is 12.1 Å². The highest BCUT2D eigenvalue weighted by molar-refractivity contribution is 5.72. The molecular formula is C11H13O3-. The number of aliphatic hydroxyl groups is 1. The first kappa shape index (κ1) is 10.7. The molecule has 76 valence electrons. The molecule has 14 heavy (non-hydrogen) atoms. The van der Waals surface area contributed by atoms with E-state index in [9.17, 15) is 15.0 Å². The van der Waals surface area contributed by atoms with Gasteiger partial charge in [0.05, 0.1) is 5.97 Å². The van der Waals surface area contributed by atoms with Gasteiger partial charge in [0, 0.05) is 0 Å². The van der Waals surface area contributed by atoms with E-state index in [0.29, 0.717) is 5.56 Å². The van der Waals surface area contributed by atoms with E-state index in [2.05, 4.69) is 0 Å². The Balaban J connectivity index is 3.00. The summed E-state index contributed by atoms with van der Waals surface area (Å²) in [4.78, 5) is 10.5. The lowest BCUT2D eigenvalue weighted by atomic mass is 9.99. The molecule has 0 bridgehead atoms. The summed E-state index contributed by atoms with van der Waals surface area (Å²) < 4.78 is 0. The second kappa shape index (κ2) is 4.77. The predicted molar refractivity (Wildman–Crippen MR) is 50.4 cm³/mol. The normalized spacial score (nSPS) is 12.4. The van der Waals surface area contributed by atoms with E-state index in [4.69, 9.17) is 0 Å². The number of aliphatic carboxylic acids is 1. The smallest absolute Gasteiger partial charge is 0.119 e. The summed E-state index contributed by atoms with van der Waals surface area (Å²) in [5, 5.41) is 19.8. The van der Waals surface area contributed by atoms with Gasteiger partial charge in [-0.05, 0) is 17.5 Å². The van der Waals surface area contributed by atoms with Gasteiger partial charge in [-0.15, -0.1) is 0 Å². The number of rotatable bonds is 4. The van der Waals surface area contributed by atoms with E-state index >= 15 is 0 Å². The number of aliphatic hydroxyl groups excluding tert-OH is 1. The molecule has 1 rings (SSSR count). The van der Waals surface area contributed by atoms with Gasteiger partial charge in [0.15, 0.2) is 0 Å². The van der Waals surface area contributed by atoms with Gasteiger partial charge in [-0.3, -0.25) is 0 Å². The number of hydrogen-bond donors (Lipinski definition) is 1. The second-order valence-electron chi connectivity index (χ2n) is 3.17. The zero-order valence-electron chi connectivity index (χ0n) is 8.06. The fourth-order valence-electron chi connectivity index (χ4n) is 1.42. The van der Waals surface area contributed by atoms with Gasteiger partial charge in [-0.1, -0.05) is 37.6 Å². The number of aryl methyl sites for hydroxylation is 1. The largest absolute Gasteiger partial charge is 0.547 e. The molecule has 0 aliphatic carbocycles. The lowest BCUT2D eigenvalue weighted by Gasteiger charge is -2.15. The third-order valence-electron chi connectivity index (χ3n) is 2.09. The van der Waals surface area contributed by atoms with E-state index in [0.717, 1.165) is 18.4 Å². The van der Waals surface area contributed by atoms with Crippen LogP contribution in [0.5, 0.6) is 0 Å². The van der Waals surface area contributed by atoms with E-state index in [1.807, 2.05) is 19.1 Å². The summed E-state index contributed by atoms with van der Waals surface area (Å²) in [5.74, 6) is -1.45. The van der Waals surface area contributed by atoms with Crippen molar-refractivity contribution in [1.29, 1.82) is 0 Å². The van der Waals surface area contributed by atoms with Crippen molar-refractivity contribution in [3.8, 4) is 0 Å². The first-order valence-electron chi connectivity index (χ1n) is 4.63. The van der Waals surface area contributed by atoms with Crippen molar-refractivity contribution in [3.63, 3.8) is 0 Å². The molecule has 1 N–H and O–H groups in total. The number of hydrogen-bond acceptors (Lipinski definition) is 3. The van der Waals surface area contributed by atoms with Crippen LogP contribution in [0.15, 0.2) is 24.3 Å². The van der Waals surface area contributed by atoms with Crippen LogP contribution < -0.4 is 5.11 Å². The Morgan fingerprint density at radius 1 is 1.50 bits per heavy atom. The van der Waals surface area contributed by atoms with Gasteiger partial charge in [-0.25, -0.2) is 0 Å². The van der Waals surface area contributed by atoms with Crippen LogP contribution in [0.3, 0.4) is 0 Å². The van der Waals surface area contributed by atoms with Crippen molar-refractivity contribution in [1.82, 2.24) is 0 Å². The molecule has 0 aliphatic heterocycles. The van der Waals surface area contributed by atoms with E-state index in [1.165, 1.54) is 0 Å². The fourth-order valence-corrected chi connectivity index (χ4v) is 1.42. The van der Waals surface area contributed by atoms with Crippen LogP contribution in [0, 0.1) is 0 Å². The van der Waals surface area contributed by atoms with Crippen LogP contribution >= 0.6 is 0 Å². The SMILES string of the molecule is CCCc1ccccc1C(O)C(=O)[O-]. The maximum atomic E-state index is 10.5. The minimum Gasteiger partial charge on any atom is -0.547 e. The van der Waals surface area contributed by atoms with E-state index in [1.54, 1.807) is 12.1 Å². The topological polar surface area (TPSA) is 60.4 Å². The molecule has 0 saturated heterocycles.